The number of aliphatic imine (C=N–C) groups is 1. The van der Waals surface area contributed by atoms with E-state index in [-0.39, 0.29) is 29.5 Å². The third kappa shape index (κ3) is 8.03. The van der Waals surface area contributed by atoms with Crippen LogP contribution in [-0.4, -0.2) is 63.8 Å². The van der Waals surface area contributed by atoms with Gasteiger partial charge >= 0.3 is 0 Å². The lowest BCUT2D eigenvalue weighted by molar-refractivity contribution is 0.0845. The Bertz CT molecular complexity index is 339. The van der Waals surface area contributed by atoms with Crippen molar-refractivity contribution in [2.75, 3.05) is 47.4 Å². The summed E-state index contributed by atoms with van der Waals surface area (Å²) in [5.74, 6) is 1.72. The van der Waals surface area contributed by atoms with Crippen LogP contribution in [-0.2, 0) is 4.74 Å². The first-order chi connectivity index (χ1) is 10.5. The van der Waals surface area contributed by atoms with Gasteiger partial charge < -0.3 is 20.3 Å². The number of rotatable bonds is 8. The third-order valence-corrected chi connectivity index (χ3v) is 4.71. The molecule has 1 rings (SSSR count). The summed E-state index contributed by atoms with van der Waals surface area (Å²) >= 11 is 0. The Kier molecular flexibility index (Phi) is 12.3. The van der Waals surface area contributed by atoms with Crippen LogP contribution < -0.4 is 10.6 Å². The lowest BCUT2D eigenvalue weighted by atomic mass is 9.75. The number of nitrogens with zero attached hydrogens (tertiary/aromatic N) is 2. The van der Waals surface area contributed by atoms with Crippen LogP contribution in [0.4, 0.5) is 0 Å². The van der Waals surface area contributed by atoms with E-state index in [0.717, 1.165) is 44.5 Å². The van der Waals surface area contributed by atoms with Crippen molar-refractivity contribution in [3.05, 3.63) is 0 Å². The minimum atomic E-state index is 0. The number of halogens is 1. The maximum absolute atomic E-state index is 5.09. The van der Waals surface area contributed by atoms with Gasteiger partial charge in [0.25, 0.3) is 0 Å². The van der Waals surface area contributed by atoms with Crippen LogP contribution in [0.15, 0.2) is 4.99 Å². The number of ether oxygens (including phenoxy) is 1. The van der Waals surface area contributed by atoms with Gasteiger partial charge in [0.05, 0.1) is 6.54 Å². The minimum absolute atomic E-state index is 0. The third-order valence-electron chi connectivity index (χ3n) is 4.71. The summed E-state index contributed by atoms with van der Waals surface area (Å²) in [6.07, 6.45) is 6.15. The van der Waals surface area contributed by atoms with Gasteiger partial charge in [0, 0.05) is 32.3 Å². The lowest BCUT2D eigenvalue weighted by Gasteiger charge is -2.44. The second-order valence-corrected chi connectivity index (χ2v) is 6.79. The summed E-state index contributed by atoms with van der Waals surface area (Å²) in [7, 11) is 6.14. The van der Waals surface area contributed by atoms with Crippen LogP contribution >= 0.6 is 24.0 Å². The average molecular weight is 440 g/mol. The Morgan fingerprint density at radius 1 is 1.35 bits per heavy atom. The van der Waals surface area contributed by atoms with E-state index >= 15 is 0 Å². The molecule has 0 aromatic rings. The second-order valence-electron chi connectivity index (χ2n) is 6.79. The zero-order chi connectivity index (χ0) is 16.4. The lowest BCUT2D eigenvalue weighted by Crippen LogP contribution is -2.51. The number of methoxy groups -OCH3 is 1. The molecule has 0 saturated heterocycles. The molecule has 23 heavy (non-hydrogen) atoms. The number of guanidine groups is 1. The molecule has 0 aliphatic heterocycles. The molecular weight excluding hydrogens is 403 g/mol. The highest BCUT2D eigenvalue weighted by Crippen LogP contribution is 2.35. The van der Waals surface area contributed by atoms with E-state index in [1.807, 2.05) is 0 Å². The molecule has 1 aliphatic rings. The Balaban J connectivity index is 0.00000484. The Morgan fingerprint density at radius 3 is 2.65 bits per heavy atom. The van der Waals surface area contributed by atoms with Crippen LogP contribution in [0, 0.1) is 5.92 Å². The van der Waals surface area contributed by atoms with Crippen molar-refractivity contribution >= 4 is 29.9 Å². The molecule has 6 heteroatoms. The van der Waals surface area contributed by atoms with Crippen molar-refractivity contribution in [2.24, 2.45) is 10.9 Å². The van der Waals surface area contributed by atoms with Crippen molar-refractivity contribution in [2.45, 2.75) is 51.5 Å². The number of likely N-dealkylation sites (N-methyl/N-ethyl adjacent to an activating group) is 1. The molecule has 0 aromatic heterocycles. The Hall–Kier alpha value is -0.0800. The Morgan fingerprint density at radius 2 is 2.09 bits per heavy atom. The summed E-state index contributed by atoms with van der Waals surface area (Å²) < 4.78 is 5.09. The monoisotopic (exact) mass is 440 g/mol. The van der Waals surface area contributed by atoms with Crippen molar-refractivity contribution in [1.29, 1.82) is 0 Å². The van der Waals surface area contributed by atoms with Crippen LogP contribution in [0.3, 0.4) is 0 Å². The van der Waals surface area contributed by atoms with Gasteiger partial charge in [-0.15, -0.1) is 24.0 Å². The molecule has 2 atom stereocenters. The van der Waals surface area contributed by atoms with Gasteiger partial charge in [-0.3, -0.25) is 4.99 Å². The highest BCUT2D eigenvalue weighted by atomic mass is 127. The first kappa shape index (κ1) is 22.9. The Labute approximate surface area is 160 Å². The highest BCUT2D eigenvalue weighted by molar-refractivity contribution is 14.0. The zero-order valence-corrected chi connectivity index (χ0v) is 18.0. The van der Waals surface area contributed by atoms with Gasteiger partial charge in [-0.05, 0) is 46.2 Å². The minimum Gasteiger partial charge on any atom is -0.385 e. The van der Waals surface area contributed by atoms with Gasteiger partial charge in [-0.2, -0.15) is 0 Å². The van der Waals surface area contributed by atoms with E-state index in [1.165, 1.54) is 25.7 Å². The largest absolute Gasteiger partial charge is 0.385 e. The summed E-state index contributed by atoms with van der Waals surface area (Å²) in [5.41, 5.74) is 0.215. The van der Waals surface area contributed by atoms with Gasteiger partial charge in [0.15, 0.2) is 5.96 Å². The molecule has 1 fully saturated rings. The van der Waals surface area contributed by atoms with Crippen molar-refractivity contribution < 1.29 is 4.74 Å². The molecule has 0 aromatic carbocycles. The molecule has 5 nitrogen and oxygen atoms in total. The predicted molar refractivity (Wildman–Crippen MR) is 110 cm³/mol. The molecule has 138 valence electrons. The summed E-state index contributed by atoms with van der Waals surface area (Å²) in [6.45, 7) is 7.91. The normalized spacial score (nSPS) is 25.1. The summed E-state index contributed by atoms with van der Waals surface area (Å²) in [5, 5.41) is 6.75. The maximum Gasteiger partial charge on any atom is 0.191 e. The number of hydrogen-bond donors (Lipinski definition) is 2. The fourth-order valence-corrected chi connectivity index (χ4v) is 3.31. The van der Waals surface area contributed by atoms with E-state index < -0.39 is 0 Å². The van der Waals surface area contributed by atoms with Crippen LogP contribution in [0.1, 0.15) is 46.0 Å². The van der Waals surface area contributed by atoms with Gasteiger partial charge in [0.2, 0.25) is 0 Å². The zero-order valence-electron chi connectivity index (χ0n) is 15.7. The molecule has 2 unspecified atom stereocenters. The van der Waals surface area contributed by atoms with E-state index in [9.17, 15) is 0 Å². The SMILES string of the molecule is CCNC(=NCC1(N(C)C)CCCC(C)C1)NCCCOC.I. The molecule has 1 saturated carbocycles. The van der Waals surface area contributed by atoms with Crippen molar-refractivity contribution in [1.82, 2.24) is 15.5 Å². The van der Waals surface area contributed by atoms with Gasteiger partial charge in [-0.25, -0.2) is 0 Å². The first-order valence-corrected chi connectivity index (χ1v) is 8.72. The summed E-state index contributed by atoms with van der Waals surface area (Å²) in [6, 6.07) is 0. The number of hydrogen-bond acceptors (Lipinski definition) is 3. The van der Waals surface area contributed by atoms with Crippen molar-refractivity contribution in [3.8, 4) is 0 Å². The van der Waals surface area contributed by atoms with E-state index in [2.05, 4.69) is 43.5 Å². The quantitative estimate of drug-likeness (QED) is 0.264. The van der Waals surface area contributed by atoms with E-state index in [1.54, 1.807) is 7.11 Å². The number of nitrogens with one attached hydrogen (secondary N) is 2. The van der Waals surface area contributed by atoms with E-state index in [4.69, 9.17) is 9.73 Å². The van der Waals surface area contributed by atoms with Crippen LogP contribution in [0.5, 0.6) is 0 Å². The van der Waals surface area contributed by atoms with Crippen LogP contribution in [0.2, 0.25) is 0 Å². The first-order valence-electron chi connectivity index (χ1n) is 8.72. The highest BCUT2D eigenvalue weighted by Gasteiger charge is 2.36. The fraction of sp³-hybridized carbons (Fsp3) is 0.941. The molecular formula is C17H37IN4O. The maximum atomic E-state index is 5.09. The molecule has 0 amide bonds. The standard InChI is InChI=1S/C17H36N4O.HI/c1-6-18-16(19-11-8-12-22-5)20-14-17(21(3)4)10-7-9-15(2)13-17;/h15H,6-14H2,1-5H3,(H2,18,19,20);1H. The van der Waals surface area contributed by atoms with E-state index in [0.29, 0.717) is 0 Å². The molecule has 1 aliphatic carbocycles. The van der Waals surface area contributed by atoms with Gasteiger partial charge in [0.1, 0.15) is 0 Å². The van der Waals surface area contributed by atoms with Crippen LogP contribution in [0.25, 0.3) is 0 Å². The topological polar surface area (TPSA) is 48.9 Å². The van der Waals surface area contributed by atoms with Gasteiger partial charge in [-0.1, -0.05) is 19.8 Å². The second kappa shape index (κ2) is 12.3. The van der Waals surface area contributed by atoms with Crippen molar-refractivity contribution in [3.63, 3.8) is 0 Å². The summed E-state index contributed by atoms with van der Waals surface area (Å²) in [4.78, 5) is 7.26. The molecule has 0 bridgehead atoms. The smallest absolute Gasteiger partial charge is 0.191 e. The predicted octanol–water partition coefficient (Wildman–Crippen LogP) is 2.71. The molecule has 0 heterocycles. The molecule has 0 radical (unpaired) electrons. The molecule has 0 spiro atoms. The fourth-order valence-electron chi connectivity index (χ4n) is 3.31. The average Bonchev–Trinajstić information content (AvgIpc) is 2.49. The molecule has 2 N–H and O–H groups in total.